The summed E-state index contributed by atoms with van der Waals surface area (Å²) in [5, 5.41) is 7.66. The minimum absolute atomic E-state index is 0.658. The van der Waals surface area contributed by atoms with Gasteiger partial charge in [0.05, 0.1) is 6.54 Å². The van der Waals surface area contributed by atoms with Crippen LogP contribution >= 0.6 is 0 Å². The summed E-state index contributed by atoms with van der Waals surface area (Å²) in [5.74, 6) is 2.37. The van der Waals surface area contributed by atoms with Crippen LogP contribution in [0.25, 0.3) is 0 Å². The zero-order valence-corrected chi connectivity index (χ0v) is 10.9. The molecule has 1 N–H and O–H groups in total. The molecule has 0 saturated carbocycles. The lowest BCUT2D eigenvalue weighted by atomic mass is 10.1. The molecule has 0 fully saturated rings. The van der Waals surface area contributed by atoms with Crippen molar-refractivity contribution in [2.45, 2.75) is 47.2 Å². The summed E-state index contributed by atoms with van der Waals surface area (Å²) >= 11 is 0. The molecule has 4 heteroatoms. The fraction of sp³-hybridized carbons (Fsp3) is 0.833. The smallest absolute Gasteiger partial charge is 0.140 e. The molecule has 0 aliphatic carbocycles. The van der Waals surface area contributed by atoms with Gasteiger partial charge in [-0.05, 0) is 18.4 Å². The third-order valence-corrected chi connectivity index (χ3v) is 2.71. The molecule has 0 radical (unpaired) electrons. The Balaban J connectivity index is 2.44. The molecule has 0 aliphatic rings. The Bertz CT molecular complexity index is 293. The molecule has 1 aromatic rings. The van der Waals surface area contributed by atoms with Gasteiger partial charge in [0, 0.05) is 6.54 Å². The maximum absolute atomic E-state index is 4.29. The molecule has 1 unspecified atom stereocenters. The van der Waals surface area contributed by atoms with Gasteiger partial charge in [0.15, 0.2) is 0 Å². The Morgan fingerprint density at radius 1 is 1.38 bits per heavy atom. The van der Waals surface area contributed by atoms with Crippen LogP contribution in [0.5, 0.6) is 0 Å². The molecule has 4 nitrogen and oxygen atoms in total. The highest BCUT2D eigenvalue weighted by molar-refractivity contribution is 4.84. The largest absolute Gasteiger partial charge is 0.310 e. The van der Waals surface area contributed by atoms with E-state index in [2.05, 4.69) is 43.1 Å². The van der Waals surface area contributed by atoms with Crippen molar-refractivity contribution in [2.24, 2.45) is 11.8 Å². The first-order valence-electron chi connectivity index (χ1n) is 6.20. The number of nitrogens with zero attached hydrogens (tertiary/aromatic N) is 3. The van der Waals surface area contributed by atoms with Crippen LogP contribution in [0.4, 0.5) is 0 Å². The highest BCUT2D eigenvalue weighted by atomic mass is 15.3. The van der Waals surface area contributed by atoms with E-state index < -0.39 is 0 Å². The van der Waals surface area contributed by atoms with Crippen molar-refractivity contribution < 1.29 is 0 Å². The van der Waals surface area contributed by atoms with Gasteiger partial charge in [-0.3, -0.25) is 0 Å². The molecule has 16 heavy (non-hydrogen) atoms. The van der Waals surface area contributed by atoms with Crippen LogP contribution in [0, 0.1) is 11.8 Å². The fourth-order valence-electron chi connectivity index (χ4n) is 1.47. The minimum Gasteiger partial charge on any atom is -0.310 e. The number of rotatable bonds is 7. The molecule has 0 aliphatic heterocycles. The molecule has 0 spiro atoms. The fourth-order valence-corrected chi connectivity index (χ4v) is 1.47. The molecule has 92 valence electrons. The van der Waals surface area contributed by atoms with Crippen molar-refractivity contribution in [2.75, 3.05) is 6.54 Å². The summed E-state index contributed by atoms with van der Waals surface area (Å²) in [6.45, 7) is 11.7. The predicted octanol–water partition coefficient (Wildman–Crippen LogP) is 2.07. The van der Waals surface area contributed by atoms with Crippen LogP contribution < -0.4 is 5.32 Å². The lowest BCUT2D eigenvalue weighted by Gasteiger charge is -2.12. The van der Waals surface area contributed by atoms with Gasteiger partial charge in [-0.15, -0.1) is 0 Å². The quantitative estimate of drug-likeness (QED) is 0.771. The molecule has 1 rings (SSSR count). The molecule has 1 aromatic heterocycles. The van der Waals surface area contributed by atoms with E-state index in [1.807, 2.05) is 4.68 Å². The van der Waals surface area contributed by atoms with Gasteiger partial charge in [0.2, 0.25) is 0 Å². The number of hydrogen-bond acceptors (Lipinski definition) is 3. The summed E-state index contributed by atoms with van der Waals surface area (Å²) in [4.78, 5) is 4.29. The highest BCUT2D eigenvalue weighted by Crippen LogP contribution is 2.05. The van der Waals surface area contributed by atoms with Crippen molar-refractivity contribution in [1.82, 2.24) is 20.1 Å². The topological polar surface area (TPSA) is 42.7 Å². The van der Waals surface area contributed by atoms with Crippen molar-refractivity contribution >= 4 is 0 Å². The molecule has 0 aromatic carbocycles. The van der Waals surface area contributed by atoms with E-state index in [0.29, 0.717) is 11.8 Å². The lowest BCUT2D eigenvalue weighted by Crippen LogP contribution is -2.22. The van der Waals surface area contributed by atoms with Gasteiger partial charge in [0.25, 0.3) is 0 Å². The van der Waals surface area contributed by atoms with E-state index in [-0.39, 0.29) is 0 Å². The Kier molecular flexibility index (Phi) is 5.46. The first kappa shape index (κ1) is 13.2. The van der Waals surface area contributed by atoms with Gasteiger partial charge in [0.1, 0.15) is 12.2 Å². The average molecular weight is 224 g/mol. The second-order valence-corrected chi connectivity index (χ2v) is 4.90. The van der Waals surface area contributed by atoms with E-state index in [4.69, 9.17) is 0 Å². The Hall–Kier alpha value is -0.900. The normalized spacial score (nSPS) is 13.3. The maximum Gasteiger partial charge on any atom is 0.140 e. The Morgan fingerprint density at radius 2 is 2.12 bits per heavy atom. The molecular weight excluding hydrogens is 200 g/mol. The second-order valence-electron chi connectivity index (χ2n) is 4.90. The Labute approximate surface area is 98.5 Å². The van der Waals surface area contributed by atoms with E-state index >= 15 is 0 Å². The van der Waals surface area contributed by atoms with Gasteiger partial charge >= 0.3 is 0 Å². The molecular formula is C12H24N4. The molecule has 1 atom stereocenters. The first-order chi connectivity index (χ1) is 7.63. The van der Waals surface area contributed by atoms with Crippen LogP contribution in [-0.4, -0.2) is 21.3 Å². The lowest BCUT2D eigenvalue weighted by molar-refractivity contribution is 0.418. The predicted molar refractivity (Wildman–Crippen MR) is 66.0 cm³/mol. The molecule has 0 bridgehead atoms. The van der Waals surface area contributed by atoms with Crippen molar-refractivity contribution in [1.29, 1.82) is 0 Å². The summed E-state index contributed by atoms with van der Waals surface area (Å²) in [7, 11) is 0. The minimum atomic E-state index is 0.658. The number of nitrogens with one attached hydrogen (secondary N) is 1. The average Bonchev–Trinajstić information content (AvgIpc) is 2.65. The van der Waals surface area contributed by atoms with Gasteiger partial charge in [-0.2, -0.15) is 5.10 Å². The van der Waals surface area contributed by atoms with Crippen molar-refractivity contribution in [3.05, 3.63) is 12.2 Å². The SMILES string of the molecule is CCC(C)Cn1ncnc1CNCC(C)C. The number of aromatic nitrogens is 3. The van der Waals surface area contributed by atoms with Crippen molar-refractivity contribution in [3.8, 4) is 0 Å². The Morgan fingerprint density at radius 3 is 2.75 bits per heavy atom. The van der Waals surface area contributed by atoms with Crippen LogP contribution in [0.15, 0.2) is 6.33 Å². The monoisotopic (exact) mass is 224 g/mol. The number of hydrogen-bond donors (Lipinski definition) is 1. The maximum atomic E-state index is 4.29. The van der Waals surface area contributed by atoms with E-state index in [9.17, 15) is 0 Å². The third-order valence-electron chi connectivity index (χ3n) is 2.71. The van der Waals surface area contributed by atoms with Gasteiger partial charge < -0.3 is 5.32 Å². The zero-order valence-electron chi connectivity index (χ0n) is 10.9. The van der Waals surface area contributed by atoms with Gasteiger partial charge in [-0.25, -0.2) is 9.67 Å². The van der Waals surface area contributed by atoms with Crippen LogP contribution in [0.2, 0.25) is 0 Å². The second kappa shape index (κ2) is 6.63. The highest BCUT2D eigenvalue weighted by Gasteiger charge is 2.07. The van der Waals surface area contributed by atoms with E-state index in [1.54, 1.807) is 6.33 Å². The zero-order chi connectivity index (χ0) is 12.0. The standard InChI is InChI=1S/C12H24N4/c1-5-11(4)8-16-12(14-9-15-16)7-13-6-10(2)3/h9-11,13H,5-8H2,1-4H3. The van der Waals surface area contributed by atoms with E-state index in [1.165, 1.54) is 6.42 Å². The van der Waals surface area contributed by atoms with Crippen molar-refractivity contribution in [3.63, 3.8) is 0 Å². The molecule has 0 amide bonds. The van der Waals surface area contributed by atoms with Crippen LogP contribution in [0.1, 0.15) is 39.9 Å². The summed E-state index contributed by atoms with van der Waals surface area (Å²) in [5.41, 5.74) is 0. The third kappa shape index (κ3) is 4.31. The summed E-state index contributed by atoms with van der Waals surface area (Å²) in [6, 6.07) is 0. The summed E-state index contributed by atoms with van der Waals surface area (Å²) < 4.78 is 2.02. The van der Waals surface area contributed by atoms with Crippen LogP contribution in [-0.2, 0) is 13.1 Å². The molecule has 0 saturated heterocycles. The first-order valence-corrected chi connectivity index (χ1v) is 6.20. The van der Waals surface area contributed by atoms with Crippen LogP contribution in [0.3, 0.4) is 0 Å². The molecule has 1 heterocycles. The van der Waals surface area contributed by atoms with Gasteiger partial charge in [-0.1, -0.05) is 34.1 Å². The summed E-state index contributed by atoms with van der Waals surface area (Å²) in [6.07, 6.45) is 2.83. The van der Waals surface area contributed by atoms with E-state index in [0.717, 1.165) is 25.5 Å².